The largest absolute Gasteiger partial charge is 0.480 e. The number of hydrogen-bond donors (Lipinski definition) is 3. The van der Waals surface area contributed by atoms with Crippen LogP contribution in [-0.2, 0) is 4.74 Å². The maximum absolute atomic E-state index is 13.1. The average molecular weight is 498 g/mol. The molecule has 1 unspecified atom stereocenters. The highest BCUT2D eigenvalue weighted by Crippen LogP contribution is 2.32. The van der Waals surface area contributed by atoms with Gasteiger partial charge in [0.1, 0.15) is 28.5 Å². The van der Waals surface area contributed by atoms with Gasteiger partial charge in [0.15, 0.2) is 5.65 Å². The summed E-state index contributed by atoms with van der Waals surface area (Å²) in [6.07, 6.45) is 3.65. The third-order valence-electron chi connectivity index (χ3n) is 5.93. The number of nitrogens with zero attached hydrogens (tertiary/aromatic N) is 5. The first-order chi connectivity index (χ1) is 16.9. The van der Waals surface area contributed by atoms with Crippen LogP contribution in [0.1, 0.15) is 50.9 Å². The van der Waals surface area contributed by atoms with Gasteiger partial charge in [-0.05, 0) is 52.7 Å². The van der Waals surface area contributed by atoms with Crippen molar-refractivity contribution in [2.24, 2.45) is 0 Å². The van der Waals surface area contributed by atoms with Gasteiger partial charge in [-0.15, -0.1) is 0 Å². The Balaban J connectivity index is 1.76. The van der Waals surface area contributed by atoms with E-state index in [4.69, 9.17) is 9.47 Å². The van der Waals surface area contributed by atoms with E-state index in [9.17, 15) is 14.7 Å². The maximum Gasteiger partial charge on any atom is 0.415 e. The Kier molecular flexibility index (Phi) is 6.48. The Labute approximate surface area is 208 Å². The Morgan fingerprint density at radius 3 is 2.69 bits per heavy atom. The van der Waals surface area contributed by atoms with Crippen LogP contribution in [0.5, 0.6) is 5.88 Å². The van der Waals surface area contributed by atoms with Crippen molar-refractivity contribution in [2.45, 2.75) is 57.8 Å². The van der Waals surface area contributed by atoms with Gasteiger partial charge in [0, 0.05) is 19.3 Å². The third-order valence-corrected chi connectivity index (χ3v) is 5.93. The number of rotatable bonds is 6. The number of amides is 2. The van der Waals surface area contributed by atoms with Crippen LogP contribution >= 0.6 is 0 Å². The Morgan fingerprint density at radius 1 is 1.33 bits per heavy atom. The Hall–Kier alpha value is -3.93. The minimum absolute atomic E-state index is 0.193. The second-order valence-corrected chi connectivity index (χ2v) is 9.94. The smallest absolute Gasteiger partial charge is 0.415 e. The number of aliphatic hydroxyl groups is 1. The molecule has 0 aromatic carbocycles. The van der Waals surface area contributed by atoms with Gasteiger partial charge in [0.25, 0.3) is 5.91 Å². The lowest BCUT2D eigenvalue weighted by Crippen LogP contribution is -2.58. The Morgan fingerprint density at radius 2 is 2.08 bits per heavy atom. The van der Waals surface area contributed by atoms with E-state index in [-0.39, 0.29) is 17.3 Å². The minimum atomic E-state index is -0.961. The van der Waals surface area contributed by atoms with E-state index < -0.39 is 23.2 Å². The molecule has 3 heterocycles. The summed E-state index contributed by atoms with van der Waals surface area (Å²) in [6.45, 7) is 7.00. The van der Waals surface area contributed by atoms with Crippen molar-refractivity contribution in [2.75, 3.05) is 24.4 Å². The van der Waals surface area contributed by atoms with Gasteiger partial charge in [-0.1, -0.05) is 0 Å². The number of aromatic nitrogens is 4. The first kappa shape index (κ1) is 25.2. The molecule has 0 aliphatic heterocycles. The molecule has 1 saturated carbocycles. The molecule has 36 heavy (non-hydrogen) atoms. The third kappa shape index (κ3) is 5.03. The molecule has 1 aliphatic rings. The molecular weight excluding hydrogens is 466 g/mol. The van der Waals surface area contributed by atoms with Crippen LogP contribution in [0.15, 0.2) is 30.6 Å². The van der Waals surface area contributed by atoms with Gasteiger partial charge >= 0.3 is 6.09 Å². The van der Waals surface area contributed by atoms with E-state index in [1.54, 1.807) is 59.1 Å². The van der Waals surface area contributed by atoms with Crippen LogP contribution in [-0.4, -0.2) is 68.1 Å². The SMILES string of the molecule is COc1ncccc1Nc1cc(N(C)C(=O)OC(C)(C)C)n2ncc(C(=O)NC3CC[C@@]3(C)O)c2n1. The van der Waals surface area contributed by atoms with Crippen LogP contribution in [0.25, 0.3) is 5.65 Å². The zero-order chi connectivity index (χ0) is 26.3. The molecule has 0 spiro atoms. The molecule has 2 atom stereocenters. The fourth-order valence-electron chi connectivity index (χ4n) is 3.79. The molecule has 0 saturated heterocycles. The Bertz CT molecular complexity index is 1300. The molecule has 0 bridgehead atoms. The lowest BCUT2D eigenvalue weighted by Gasteiger charge is -2.42. The summed E-state index contributed by atoms with van der Waals surface area (Å²) in [7, 11) is 3.05. The summed E-state index contributed by atoms with van der Waals surface area (Å²) >= 11 is 0. The number of nitrogens with one attached hydrogen (secondary N) is 2. The fraction of sp³-hybridized carbons (Fsp3) is 0.458. The number of fused-ring (bicyclic) bond motifs is 1. The molecule has 4 rings (SSSR count). The standard InChI is InChI=1S/C24H31N7O5/c1-23(2,3)36-22(33)30(5)18-12-17(27-15-8-7-11-25-21(15)35-6)29-19-14(13-26-31(18)19)20(32)28-16-9-10-24(16,4)34/h7-8,11-13,16,34H,9-10H2,1-6H3,(H,27,29)(H,28,32)/t16?,24-/m1/s1. The molecule has 3 aromatic heterocycles. The zero-order valence-electron chi connectivity index (χ0n) is 21.2. The average Bonchev–Trinajstić information content (AvgIpc) is 3.24. The summed E-state index contributed by atoms with van der Waals surface area (Å²) in [5.41, 5.74) is -0.726. The highest BCUT2D eigenvalue weighted by Gasteiger charge is 2.42. The second-order valence-electron chi connectivity index (χ2n) is 9.94. The predicted octanol–water partition coefficient (Wildman–Crippen LogP) is 2.89. The normalized spacial score (nSPS) is 19.4. The molecule has 3 N–H and O–H groups in total. The summed E-state index contributed by atoms with van der Waals surface area (Å²) < 4.78 is 12.2. The van der Waals surface area contributed by atoms with Gasteiger partial charge in [0.05, 0.1) is 24.9 Å². The topological polar surface area (TPSA) is 143 Å². The van der Waals surface area contributed by atoms with Crippen molar-refractivity contribution >= 4 is 35.0 Å². The lowest BCUT2D eigenvalue weighted by atomic mass is 9.76. The maximum atomic E-state index is 13.1. The second kappa shape index (κ2) is 9.26. The van der Waals surface area contributed by atoms with Crippen molar-refractivity contribution in [3.63, 3.8) is 0 Å². The van der Waals surface area contributed by atoms with E-state index in [2.05, 4.69) is 25.7 Å². The summed E-state index contributed by atoms with van der Waals surface area (Å²) in [5.74, 6) is 0.558. The predicted molar refractivity (Wildman–Crippen MR) is 133 cm³/mol. The van der Waals surface area contributed by atoms with Gasteiger partial charge in [0.2, 0.25) is 5.88 Å². The number of carbonyl (C=O) groups excluding carboxylic acids is 2. The fourth-order valence-corrected chi connectivity index (χ4v) is 3.79. The molecular formula is C24H31N7O5. The monoisotopic (exact) mass is 497 g/mol. The summed E-state index contributed by atoms with van der Waals surface area (Å²) in [5, 5.41) is 20.6. The van der Waals surface area contributed by atoms with Gasteiger partial charge in [-0.3, -0.25) is 9.69 Å². The molecule has 1 aliphatic carbocycles. The lowest BCUT2D eigenvalue weighted by molar-refractivity contribution is -0.0486. The first-order valence-corrected chi connectivity index (χ1v) is 11.5. The molecule has 2 amide bonds. The quantitative estimate of drug-likeness (QED) is 0.468. The number of ether oxygens (including phenoxy) is 2. The first-order valence-electron chi connectivity index (χ1n) is 11.5. The van der Waals surface area contributed by atoms with Crippen molar-refractivity contribution in [1.29, 1.82) is 0 Å². The van der Waals surface area contributed by atoms with E-state index in [0.29, 0.717) is 36.0 Å². The number of carbonyl (C=O) groups is 2. The zero-order valence-corrected chi connectivity index (χ0v) is 21.2. The van der Waals surface area contributed by atoms with Crippen molar-refractivity contribution in [3.8, 4) is 5.88 Å². The number of hydrogen-bond acceptors (Lipinski definition) is 9. The van der Waals surface area contributed by atoms with Crippen molar-refractivity contribution < 1.29 is 24.2 Å². The number of methoxy groups -OCH3 is 1. The highest BCUT2D eigenvalue weighted by atomic mass is 16.6. The molecule has 12 heteroatoms. The van der Waals surface area contributed by atoms with E-state index >= 15 is 0 Å². The summed E-state index contributed by atoms with van der Waals surface area (Å²) in [4.78, 5) is 36.0. The van der Waals surface area contributed by atoms with Gasteiger partial charge in [-0.2, -0.15) is 9.61 Å². The highest BCUT2D eigenvalue weighted by molar-refractivity contribution is 6.00. The molecule has 0 radical (unpaired) electrons. The molecule has 12 nitrogen and oxygen atoms in total. The van der Waals surface area contributed by atoms with Crippen molar-refractivity contribution in [3.05, 3.63) is 36.2 Å². The van der Waals surface area contributed by atoms with Crippen molar-refractivity contribution in [1.82, 2.24) is 24.9 Å². The molecule has 1 fully saturated rings. The van der Waals surface area contributed by atoms with Crippen LogP contribution in [0.3, 0.4) is 0 Å². The number of pyridine rings is 1. The van der Waals surface area contributed by atoms with Gasteiger partial charge < -0.3 is 25.2 Å². The number of anilines is 3. The molecule has 3 aromatic rings. The van der Waals surface area contributed by atoms with Gasteiger partial charge in [-0.25, -0.2) is 14.8 Å². The van der Waals surface area contributed by atoms with E-state index in [1.165, 1.54) is 22.7 Å². The summed E-state index contributed by atoms with van der Waals surface area (Å²) in [6, 6.07) is 4.73. The van der Waals surface area contributed by atoms with Crippen LogP contribution in [0, 0.1) is 0 Å². The van der Waals surface area contributed by atoms with Crippen LogP contribution in [0.4, 0.5) is 22.1 Å². The minimum Gasteiger partial charge on any atom is -0.480 e. The van der Waals surface area contributed by atoms with Crippen LogP contribution in [0.2, 0.25) is 0 Å². The van der Waals surface area contributed by atoms with Crippen LogP contribution < -0.4 is 20.3 Å². The van der Waals surface area contributed by atoms with E-state index in [0.717, 1.165) is 0 Å². The van der Waals surface area contributed by atoms with E-state index in [1.807, 2.05) is 0 Å². The molecule has 192 valence electrons.